The molecule has 0 saturated carbocycles. The second kappa shape index (κ2) is 23.3. The van der Waals surface area contributed by atoms with E-state index in [-0.39, 0.29) is 17.9 Å². The highest BCUT2D eigenvalue weighted by Crippen LogP contribution is 2.19. The van der Waals surface area contributed by atoms with Crippen LogP contribution in [0, 0.1) is 5.41 Å². The van der Waals surface area contributed by atoms with Gasteiger partial charge in [-0.3, -0.25) is 4.79 Å². The molecule has 25 heavy (non-hydrogen) atoms. The molecule has 2 N–H and O–H groups in total. The zero-order chi connectivity index (χ0) is 20.0. The van der Waals surface area contributed by atoms with Gasteiger partial charge in [0, 0.05) is 13.0 Å². The molecule has 0 heterocycles. The van der Waals surface area contributed by atoms with Crippen LogP contribution in [0.1, 0.15) is 61.3 Å². The lowest BCUT2D eigenvalue weighted by atomic mass is 9.90. The van der Waals surface area contributed by atoms with E-state index in [1.807, 2.05) is 27.7 Å². The average Bonchev–Trinajstić information content (AvgIpc) is 2.61. The second-order valence-electron chi connectivity index (χ2n) is 5.97. The monoisotopic (exact) mass is 365 g/mol. The number of nitrogens with one attached hydrogen (secondary N) is 1. The lowest BCUT2D eigenvalue weighted by Gasteiger charge is -2.17. The van der Waals surface area contributed by atoms with Crippen LogP contribution in [0.4, 0.5) is 0 Å². The topological polar surface area (TPSA) is 77.0 Å². The predicted molar refractivity (Wildman–Crippen MR) is 104 cm³/mol. The van der Waals surface area contributed by atoms with Crippen molar-refractivity contribution in [3.8, 4) is 0 Å². The van der Waals surface area contributed by atoms with E-state index in [0.29, 0.717) is 52.6 Å². The van der Waals surface area contributed by atoms with Crippen molar-refractivity contribution in [3.05, 3.63) is 0 Å². The minimum atomic E-state index is 0.0323. The Morgan fingerprint density at radius 1 is 0.840 bits per heavy atom. The Balaban J connectivity index is -0.00000112. The molecule has 1 amide bonds. The highest BCUT2D eigenvalue weighted by Gasteiger charge is 2.12. The minimum Gasteiger partial charge on any atom is -0.394 e. The number of carbonyl (C=O) groups is 1. The van der Waals surface area contributed by atoms with Crippen LogP contribution in [0.5, 0.6) is 0 Å². The van der Waals surface area contributed by atoms with Gasteiger partial charge >= 0.3 is 0 Å². The summed E-state index contributed by atoms with van der Waals surface area (Å²) < 4.78 is 15.6. The summed E-state index contributed by atoms with van der Waals surface area (Å²) in [4.78, 5) is 11.5. The van der Waals surface area contributed by atoms with Crippen LogP contribution in [0.15, 0.2) is 0 Å². The molecule has 0 radical (unpaired) electrons. The van der Waals surface area contributed by atoms with Crippen molar-refractivity contribution in [2.45, 2.75) is 61.3 Å². The van der Waals surface area contributed by atoms with Crippen molar-refractivity contribution in [2.24, 2.45) is 5.41 Å². The largest absolute Gasteiger partial charge is 0.394 e. The van der Waals surface area contributed by atoms with Gasteiger partial charge in [-0.15, -0.1) is 0 Å². The van der Waals surface area contributed by atoms with E-state index in [4.69, 9.17) is 19.3 Å². The van der Waals surface area contributed by atoms with E-state index >= 15 is 0 Å². The molecule has 0 atom stereocenters. The Labute approximate surface area is 155 Å². The number of ether oxygens (including phenoxy) is 3. The third-order valence-electron chi connectivity index (χ3n) is 2.65. The van der Waals surface area contributed by atoms with Gasteiger partial charge in [0.1, 0.15) is 0 Å². The third kappa shape index (κ3) is 31.6. The maximum Gasteiger partial charge on any atom is 0.220 e. The maximum absolute atomic E-state index is 11.5. The Bertz CT molecular complexity index is 255. The van der Waals surface area contributed by atoms with E-state index in [1.165, 1.54) is 0 Å². The minimum absolute atomic E-state index is 0.0323. The zero-order valence-electron chi connectivity index (χ0n) is 17.7. The number of hydrogen-bond donors (Lipinski definition) is 2. The van der Waals surface area contributed by atoms with E-state index in [9.17, 15) is 4.79 Å². The molecule has 0 rings (SSSR count). The van der Waals surface area contributed by atoms with Gasteiger partial charge in [-0.25, -0.2) is 0 Å². The van der Waals surface area contributed by atoms with E-state index < -0.39 is 0 Å². The molecule has 0 aliphatic carbocycles. The highest BCUT2D eigenvalue weighted by molar-refractivity contribution is 5.75. The summed E-state index contributed by atoms with van der Waals surface area (Å²) in [5, 5.41) is 11.3. The van der Waals surface area contributed by atoms with Crippen LogP contribution in [0.3, 0.4) is 0 Å². The Kier molecular flexibility index (Phi) is 27.1. The van der Waals surface area contributed by atoms with Crippen molar-refractivity contribution >= 4 is 5.91 Å². The molecule has 0 bridgehead atoms. The fourth-order valence-corrected chi connectivity index (χ4v) is 1.45. The van der Waals surface area contributed by atoms with E-state index in [1.54, 1.807) is 0 Å². The number of carbonyl (C=O) groups excluding carboxylic acids is 1. The van der Waals surface area contributed by atoms with Gasteiger partial charge in [0.15, 0.2) is 0 Å². The molecule has 0 fully saturated rings. The van der Waals surface area contributed by atoms with Gasteiger partial charge in [-0.2, -0.15) is 0 Å². The molecule has 0 aromatic carbocycles. The number of aliphatic hydroxyl groups excluding tert-OH is 1. The third-order valence-corrected chi connectivity index (χ3v) is 2.65. The maximum atomic E-state index is 11.5. The van der Waals surface area contributed by atoms with E-state index in [0.717, 1.165) is 6.42 Å². The van der Waals surface area contributed by atoms with E-state index in [2.05, 4.69) is 26.1 Å². The Hall–Kier alpha value is -0.690. The second-order valence-corrected chi connectivity index (χ2v) is 5.97. The standard InChI is InChI=1S/C15H31NO5.2C2H6/c1-15(2,3)5-4-14(18)16-6-8-19-10-12-21-13-11-20-9-7-17;2*1-2/h17H,4-13H2,1-3H3,(H,16,18);2*1-2H3. The molecule has 0 aromatic heterocycles. The molecule has 0 aliphatic heterocycles. The van der Waals surface area contributed by atoms with Crippen LogP contribution < -0.4 is 5.32 Å². The van der Waals surface area contributed by atoms with Gasteiger partial charge in [-0.1, -0.05) is 48.5 Å². The van der Waals surface area contributed by atoms with Gasteiger partial charge in [0.2, 0.25) is 5.91 Å². The van der Waals surface area contributed by atoms with Crippen LogP contribution in [-0.2, 0) is 19.0 Å². The fraction of sp³-hybridized carbons (Fsp3) is 0.947. The summed E-state index contributed by atoms with van der Waals surface area (Å²) in [5.41, 5.74) is 0.187. The predicted octanol–water partition coefficient (Wildman–Crippen LogP) is 3.02. The SMILES string of the molecule is CC.CC.CC(C)(C)CCC(=O)NCCOCCOCCOCCO. The first-order valence-electron chi connectivity index (χ1n) is 9.56. The normalized spacial score (nSPS) is 10.2. The molecule has 0 aliphatic rings. The lowest BCUT2D eigenvalue weighted by molar-refractivity contribution is -0.121. The molecule has 0 unspecified atom stereocenters. The van der Waals surface area contributed by atoms with Gasteiger partial charge in [0.25, 0.3) is 0 Å². The molecular weight excluding hydrogens is 322 g/mol. The van der Waals surface area contributed by atoms with Crippen LogP contribution in [0.25, 0.3) is 0 Å². The summed E-state index contributed by atoms with van der Waals surface area (Å²) in [6.07, 6.45) is 1.44. The van der Waals surface area contributed by atoms with Crippen LogP contribution >= 0.6 is 0 Å². The first kappa shape index (κ1) is 29.1. The van der Waals surface area contributed by atoms with Crippen molar-refractivity contribution in [1.82, 2.24) is 5.32 Å². The summed E-state index contributed by atoms with van der Waals surface area (Å²) in [6.45, 7) is 17.7. The summed E-state index contributed by atoms with van der Waals surface area (Å²) in [5.74, 6) is 0.0748. The van der Waals surface area contributed by atoms with Gasteiger partial charge < -0.3 is 24.6 Å². The molecule has 6 heteroatoms. The lowest BCUT2D eigenvalue weighted by Crippen LogP contribution is -2.28. The van der Waals surface area contributed by atoms with Gasteiger partial charge in [-0.05, 0) is 11.8 Å². The first-order chi connectivity index (χ1) is 12.0. The van der Waals surface area contributed by atoms with Gasteiger partial charge in [0.05, 0.1) is 46.2 Å². The van der Waals surface area contributed by atoms with Crippen molar-refractivity contribution in [2.75, 3.05) is 52.8 Å². The molecular formula is C19H43NO5. The average molecular weight is 366 g/mol. The number of hydrogen-bond acceptors (Lipinski definition) is 5. The molecule has 6 nitrogen and oxygen atoms in total. The molecule has 0 saturated heterocycles. The fourth-order valence-electron chi connectivity index (χ4n) is 1.45. The summed E-state index contributed by atoms with van der Waals surface area (Å²) in [7, 11) is 0. The van der Waals surface area contributed by atoms with Crippen LogP contribution in [-0.4, -0.2) is 63.8 Å². The highest BCUT2D eigenvalue weighted by atomic mass is 16.5. The summed E-state index contributed by atoms with van der Waals surface area (Å²) in [6, 6.07) is 0. The van der Waals surface area contributed by atoms with Crippen molar-refractivity contribution < 1.29 is 24.1 Å². The quantitative estimate of drug-likeness (QED) is 0.491. The zero-order valence-corrected chi connectivity index (χ0v) is 17.7. The Morgan fingerprint density at radius 3 is 1.72 bits per heavy atom. The molecule has 154 valence electrons. The van der Waals surface area contributed by atoms with Crippen molar-refractivity contribution in [1.29, 1.82) is 0 Å². The van der Waals surface area contributed by atoms with Crippen LogP contribution in [0.2, 0.25) is 0 Å². The van der Waals surface area contributed by atoms with Crippen molar-refractivity contribution in [3.63, 3.8) is 0 Å². The number of rotatable bonds is 13. The summed E-state index contributed by atoms with van der Waals surface area (Å²) >= 11 is 0. The molecule has 0 aromatic rings. The number of aliphatic hydroxyl groups is 1. The number of amides is 1. The molecule has 0 spiro atoms. The smallest absolute Gasteiger partial charge is 0.220 e. The Morgan fingerprint density at radius 2 is 1.28 bits per heavy atom. The first-order valence-corrected chi connectivity index (χ1v) is 9.56.